The summed E-state index contributed by atoms with van der Waals surface area (Å²) in [6, 6.07) is 19.3. The molecule has 0 atom stereocenters. The summed E-state index contributed by atoms with van der Waals surface area (Å²) in [5.74, 6) is -1.55. The molecule has 0 amide bonds. The third kappa shape index (κ3) is 4.15. The number of ether oxygens (including phenoxy) is 2. The molecule has 1 aromatic heterocycles. The van der Waals surface area contributed by atoms with Gasteiger partial charge in [0.15, 0.2) is 0 Å². The summed E-state index contributed by atoms with van der Waals surface area (Å²) in [7, 11) is 1.93. The minimum Gasteiger partial charge on any atom is -0.425 e. The van der Waals surface area contributed by atoms with Gasteiger partial charge < -0.3 is 14.0 Å². The molecule has 0 radical (unpaired) electrons. The number of nitrogens with zero attached hydrogens (tertiary/aromatic N) is 2. The third-order valence-corrected chi connectivity index (χ3v) is 4.55. The van der Waals surface area contributed by atoms with Crippen molar-refractivity contribution >= 4 is 28.9 Å². The highest BCUT2D eigenvalue weighted by Gasteiger charge is 2.19. The Balaban J connectivity index is 2.01. The second-order valence-electron chi connectivity index (χ2n) is 6.64. The van der Waals surface area contributed by atoms with E-state index in [-0.39, 0.29) is 11.1 Å². The van der Waals surface area contributed by atoms with Crippen molar-refractivity contribution in [2.75, 3.05) is 6.79 Å². The van der Waals surface area contributed by atoms with Gasteiger partial charge in [-0.05, 0) is 24.6 Å². The van der Waals surface area contributed by atoms with Gasteiger partial charge >= 0.3 is 11.9 Å². The SMILES string of the molecule is C=C(C)C(=O)OCOC(=O)/C(C#N)=C/c1c(-c2ccccc2)n(C)c2ccccc12. The van der Waals surface area contributed by atoms with Crippen molar-refractivity contribution in [3.8, 4) is 17.3 Å². The van der Waals surface area contributed by atoms with Crippen LogP contribution < -0.4 is 0 Å². The summed E-state index contributed by atoms with van der Waals surface area (Å²) < 4.78 is 11.7. The lowest BCUT2D eigenvalue weighted by Crippen LogP contribution is -2.14. The van der Waals surface area contributed by atoms with Gasteiger partial charge in [-0.2, -0.15) is 5.26 Å². The van der Waals surface area contributed by atoms with Gasteiger partial charge in [-0.25, -0.2) is 9.59 Å². The van der Waals surface area contributed by atoms with Crippen LogP contribution in [-0.2, 0) is 26.1 Å². The fourth-order valence-electron chi connectivity index (χ4n) is 3.13. The van der Waals surface area contributed by atoms with E-state index in [1.165, 1.54) is 13.0 Å². The minimum absolute atomic E-state index is 0.186. The smallest absolute Gasteiger partial charge is 0.351 e. The monoisotopic (exact) mass is 400 g/mol. The van der Waals surface area contributed by atoms with Crippen molar-refractivity contribution in [1.82, 2.24) is 4.57 Å². The topological polar surface area (TPSA) is 81.3 Å². The van der Waals surface area contributed by atoms with Gasteiger partial charge in [0.1, 0.15) is 11.6 Å². The number of benzene rings is 2. The number of carbonyl (C=O) groups is 2. The molecule has 3 aromatic rings. The predicted octanol–water partition coefficient (Wildman–Crippen LogP) is 4.37. The Kier molecular flexibility index (Phi) is 6.14. The zero-order valence-corrected chi connectivity index (χ0v) is 16.7. The van der Waals surface area contributed by atoms with E-state index in [0.29, 0.717) is 0 Å². The highest BCUT2D eigenvalue weighted by molar-refractivity contribution is 6.04. The highest BCUT2D eigenvalue weighted by Crippen LogP contribution is 2.34. The molecule has 0 saturated carbocycles. The van der Waals surface area contributed by atoms with Gasteiger partial charge in [0.25, 0.3) is 0 Å². The van der Waals surface area contributed by atoms with Crippen molar-refractivity contribution in [3.05, 3.63) is 77.9 Å². The lowest BCUT2D eigenvalue weighted by molar-refractivity contribution is -0.161. The van der Waals surface area contributed by atoms with Crippen LogP contribution in [0, 0.1) is 11.3 Å². The molecule has 0 aliphatic heterocycles. The van der Waals surface area contributed by atoms with E-state index in [2.05, 4.69) is 6.58 Å². The molecular formula is C24H20N2O4. The molecule has 0 N–H and O–H groups in total. The molecule has 6 nitrogen and oxygen atoms in total. The summed E-state index contributed by atoms with van der Waals surface area (Å²) in [4.78, 5) is 23.8. The quantitative estimate of drug-likeness (QED) is 0.266. The Labute approximate surface area is 174 Å². The Bertz CT molecular complexity index is 1200. The van der Waals surface area contributed by atoms with E-state index in [1.807, 2.05) is 72.3 Å². The molecule has 0 saturated heterocycles. The molecule has 2 aromatic carbocycles. The number of aromatic nitrogens is 1. The first-order chi connectivity index (χ1) is 14.4. The minimum atomic E-state index is -0.876. The van der Waals surface area contributed by atoms with Crippen molar-refractivity contribution in [1.29, 1.82) is 5.26 Å². The summed E-state index contributed by atoms with van der Waals surface area (Å²) in [5.41, 5.74) is 3.49. The Hall–Kier alpha value is -4.11. The largest absolute Gasteiger partial charge is 0.425 e. The number of aryl methyl sites for hydroxylation is 1. The summed E-state index contributed by atoms with van der Waals surface area (Å²) >= 11 is 0. The van der Waals surface area contributed by atoms with Gasteiger partial charge in [-0.1, -0.05) is 55.1 Å². The van der Waals surface area contributed by atoms with Crippen LogP contribution in [0.25, 0.3) is 28.2 Å². The van der Waals surface area contributed by atoms with Crippen LogP contribution in [0.4, 0.5) is 0 Å². The van der Waals surface area contributed by atoms with Crippen LogP contribution in [0.5, 0.6) is 0 Å². The number of hydrogen-bond acceptors (Lipinski definition) is 5. The molecular weight excluding hydrogens is 380 g/mol. The first kappa shape index (κ1) is 20.6. The van der Waals surface area contributed by atoms with E-state index >= 15 is 0 Å². The summed E-state index contributed by atoms with van der Waals surface area (Å²) in [6.45, 7) is 4.34. The number of nitriles is 1. The van der Waals surface area contributed by atoms with Crippen molar-refractivity contribution in [2.24, 2.45) is 7.05 Å². The average molecular weight is 400 g/mol. The Morgan fingerprint density at radius 2 is 1.70 bits per heavy atom. The molecule has 0 bridgehead atoms. The van der Waals surface area contributed by atoms with Gasteiger partial charge in [0, 0.05) is 29.1 Å². The zero-order chi connectivity index (χ0) is 21.7. The maximum atomic E-state index is 12.4. The van der Waals surface area contributed by atoms with Crippen LogP contribution in [0.3, 0.4) is 0 Å². The van der Waals surface area contributed by atoms with E-state index in [0.717, 1.165) is 27.7 Å². The fraction of sp³-hybridized carbons (Fsp3) is 0.125. The number of carbonyl (C=O) groups excluding carboxylic acids is 2. The maximum Gasteiger partial charge on any atom is 0.351 e. The second kappa shape index (κ2) is 8.93. The van der Waals surface area contributed by atoms with Crippen LogP contribution in [0.1, 0.15) is 12.5 Å². The molecule has 0 spiro atoms. The molecule has 0 aliphatic rings. The highest BCUT2D eigenvalue weighted by atomic mass is 16.7. The standard InChI is InChI=1S/C24H20N2O4/c1-16(2)23(27)29-15-30-24(28)18(14-25)13-20-19-11-7-8-12-21(19)26(3)22(20)17-9-5-4-6-10-17/h4-13H,1,15H2,2-3H3/b18-13+. The molecule has 150 valence electrons. The lowest BCUT2D eigenvalue weighted by atomic mass is 10.0. The van der Waals surface area contributed by atoms with Crippen LogP contribution in [0.15, 0.2) is 72.3 Å². The molecule has 1 heterocycles. The third-order valence-electron chi connectivity index (χ3n) is 4.55. The van der Waals surface area contributed by atoms with Crippen molar-refractivity contribution in [3.63, 3.8) is 0 Å². The van der Waals surface area contributed by atoms with E-state index < -0.39 is 18.7 Å². The Morgan fingerprint density at radius 1 is 1.07 bits per heavy atom. The van der Waals surface area contributed by atoms with E-state index in [4.69, 9.17) is 9.47 Å². The van der Waals surface area contributed by atoms with Crippen LogP contribution in [-0.4, -0.2) is 23.3 Å². The van der Waals surface area contributed by atoms with Crippen LogP contribution >= 0.6 is 0 Å². The van der Waals surface area contributed by atoms with Gasteiger partial charge in [0.05, 0.1) is 5.69 Å². The average Bonchev–Trinajstić information content (AvgIpc) is 3.04. The van der Waals surface area contributed by atoms with E-state index in [9.17, 15) is 14.9 Å². The van der Waals surface area contributed by atoms with Crippen molar-refractivity contribution in [2.45, 2.75) is 6.92 Å². The van der Waals surface area contributed by atoms with E-state index in [1.54, 1.807) is 0 Å². The first-order valence-corrected chi connectivity index (χ1v) is 9.18. The molecule has 6 heteroatoms. The van der Waals surface area contributed by atoms with Crippen molar-refractivity contribution < 1.29 is 19.1 Å². The number of para-hydroxylation sites is 1. The number of esters is 2. The molecule has 0 fully saturated rings. The maximum absolute atomic E-state index is 12.4. The second-order valence-corrected chi connectivity index (χ2v) is 6.64. The zero-order valence-electron chi connectivity index (χ0n) is 16.7. The van der Waals surface area contributed by atoms with Gasteiger partial charge in [-0.15, -0.1) is 0 Å². The number of rotatable bonds is 6. The molecule has 0 aliphatic carbocycles. The summed E-state index contributed by atoms with van der Waals surface area (Å²) in [5, 5.41) is 10.4. The number of fused-ring (bicyclic) bond motifs is 1. The molecule has 0 unspecified atom stereocenters. The number of hydrogen-bond donors (Lipinski definition) is 0. The normalized spacial score (nSPS) is 11.0. The van der Waals surface area contributed by atoms with Gasteiger partial charge in [-0.3, -0.25) is 0 Å². The Morgan fingerprint density at radius 3 is 2.37 bits per heavy atom. The molecule has 30 heavy (non-hydrogen) atoms. The van der Waals surface area contributed by atoms with Gasteiger partial charge in [0.2, 0.25) is 6.79 Å². The van der Waals surface area contributed by atoms with Crippen LogP contribution in [0.2, 0.25) is 0 Å². The predicted molar refractivity (Wildman–Crippen MR) is 114 cm³/mol. The lowest BCUT2D eigenvalue weighted by Gasteiger charge is -2.07. The molecule has 3 rings (SSSR count). The first-order valence-electron chi connectivity index (χ1n) is 9.18. The fourth-order valence-corrected chi connectivity index (χ4v) is 3.13. The summed E-state index contributed by atoms with van der Waals surface area (Å²) in [6.07, 6.45) is 1.51.